The summed E-state index contributed by atoms with van der Waals surface area (Å²) in [6.45, 7) is 3.46. The average molecular weight is 346 g/mol. The topological polar surface area (TPSA) is 26.3 Å². The van der Waals surface area contributed by atoms with Crippen LogP contribution in [0.3, 0.4) is 0 Å². The van der Waals surface area contributed by atoms with E-state index in [1.807, 2.05) is 0 Å². The van der Waals surface area contributed by atoms with Gasteiger partial charge in [-0.2, -0.15) is 39.5 Å². The standard InChI is InChI=1S/C11H11F9O2/c1-8(2,3)22-7(21)5(6(12)13)4-9(14,15)10(16,17)11(18,19)20/h4H2,1-3H3. The predicted octanol–water partition coefficient (Wildman–Crippen LogP) is 4.70. The first-order valence-electron chi connectivity index (χ1n) is 5.52. The maximum Gasteiger partial charge on any atom is 0.459 e. The smallest absolute Gasteiger partial charge is 0.456 e. The molecule has 130 valence electrons. The fourth-order valence-corrected chi connectivity index (χ4v) is 1.10. The van der Waals surface area contributed by atoms with Crippen LogP contribution in [0.2, 0.25) is 0 Å². The van der Waals surface area contributed by atoms with Crippen molar-refractivity contribution < 1.29 is 49.0 Å². The fourth-order valence-electron chi connectivity index (χ4n) is 1.10. The SMILES string of the molecule is CC(C)(C)OC(=O)C(CC(F)(F)C(F)(F)C(F)(F)F)=C(F)F. The van der Waals surface area contributed by atoms with Crippen molar-refractivity contribution in [1.82, 2.24) is 0 Å². The summed E-state index contributed by atoms with van der Waals surface area (Å²) in [5.41, 5.74) is -3.69. The number of hydrogen-bond acceptors (Lipinski definition) is 2. The Labute approximate surface area is 118 Å². The second-order valence-electron chi connectivity index (χ2n) is 5.19. The Kier molecular flexibility index (Phi) is 5.61. The van der Waals surface area contributed by atoms with E-state index in [0.29, 0.717) is 0 Å². The summed E-state index contributed by atoms with van der Waals surface area (Å²) in [7, 11) is 0. The quantitative estimate of drug-likeness (QED) is 0.419. The Hall–Kier alpha value is -1.42. The van der Waals surface area contributed by atoms with Crippen molar-refractivity contribution in [3.63, 3.8) is 0 Å². The maximum absolute atomic E-state index is 13.1. The Morgan fingerprint density at radius 2 is 1.32 bits per heavy atom. The van der Waals surface area contributed by atoms with Crippen LogP contribution in [0.15, 0.2) is 11.7 Å². The highest BCUT2D eigenvalue weighted by molar-refractivity contribution is 5.89. The summed E-state index contributed by atoms with van der Waals surface area (Å²) in [6.07, 6.45) is -12.6. The van der Waals surface area contributed by atoms with E-state index < -0.39 is 47.7 Å². The average Bonchev–Trinajstić information content (AvgIpc) is 2.20. The molecule has 0 atom stereocenters. The van der Waals surface area contributed by atoms with Crippen LogP contribution in [-0.2, 0) is 9.53 Å². The molecular formula is C11H11F9O2. The van der Waals surface area contributed by atoms with Crippen LogP contribution in [0.1, 0.15) is 27.2 Å². The van der Waals surface area contributed by atoms with Gasteiger partial charge in [0.1, 0.15) is 11.2 Å². The van der Waals surface area contributed by atoms with Gasteiger partial charge in [-0.1, -0.05) is 0 Å². The molecule has 0 spiro atoms. The molecule has 0 rings (SSSR count). The van der Waals surface area contributed by atoms with Crippen LogP contribution in [0.25, 0.3) is 0 Å². The summed E-state index contributed by atoms with van der Waals surface area (Å²) in [5, 5.41) is 0. The number of hydrogen-bond donors (Lipinski definition) is 0. The van der Waals surface area contributed by atoms with E-state index >= 15 is 0 Å². The van der Waals surface area contributed by atoms with E-state index in [0.717, 1.165) is 20.8 Å². The molecule has 22 heavy (non-hydrogen) atoms. The molecule has 0 fully saturated rings. The molecule has 0 unspecified atom stereocenters. The molecule has 0 aliphatic rings. The van der Waals surface area contributed by atoms with Crippen LogP contribution in [0.4, 0.5) is 39.5 Å². The normalized spacial score (nSPS) is 13.8. The number of halogens is 9. The highest BCUT2D eigenvalue weighted by Crippen LogP contribution is 2.49. The van der Waals surface area contributed by atoms with E-state index in [1.165, 1.54) is 0 Å². The van der Waals surface area contributed by atoms with Crippen LogP contribution >= 0.6 is 0 Å². The number of rotatable bonds is 4. The van der Waals surface area contributed by atoms with E-state index in [4.69, 9.17) is 0 Å². The zero-order valence-electron chi connectivity index (χ0n) is 11.4. The lowest BCUT2D eigenvalue weighted by Gasteiger charge is -2.29. The van der Waals surface area contributed by atoms with E-state index in [-0.39, 0.29) is 0 Å². The monoisotopic (exact) mass is 346 g/mol. The van der Waals surface area contributed by atoms with Gasteiger partial charge in [-0.3, -0.25) is 0 Å². The minimum absolute atomic E-state index is 1.15. The Balaban J connectivity index is 5.56. The maximum atomic E-state index is 13.1. The molecule has 0 aliphatic carbocycles. The van der Waals surface area contributed by atoms with Crippen molar-refractivity contribution in [3.8, 4) is 0 Å². The summed E-state index contributed by atoms with van der Waals surface area (Å²) in [6, 6.07) is 0. The van der Waals surface area contributed by atoms with E-state index in [2.05, 4.69) is 4.74 Å². The first kappa shape index (κ1) is 20.6. The molecule has 0 aromatic heterocycles. The van der Waals surface area contributed by atoms with Gasteiger partial charge in [0.05, 0.1) is 6.42 Å². The Morgan fingerprint density at radius 3 is 1.59 bits per heavy atom. The van der Waals surface area contributed by atoms with Gasteiger partial charge >= 0.3 is 24.0 Å². The van der Waals surface area contributed by atoms with E-state index in [9.17, 15) is 44.3 Å². The number of carbonyl (C=O) groups excluding carboxylic acids is 1. The van der Waals surface area contributed by atoms with Crippen molar-refractivity contribution in [2.45, 2.75) is 50.8 Å². The van der Waals surface area contributed by atoms with Crippen molar-refractivity contribution in [2.24, 2.45) is 0 Å². The number of carbonyl (C=O) groups is 1. The van der Waals surface area contributed by atoms with Gasteiger partial charge < -0.3 is 4.74 Å². The third-order valence-corrected chi connectivity index (χ3v) is 2.09. The molecular weight excluding hydrogens is 335 g/mol. The first-order valence-corrected chi connectivity index (χ1v) is 5.52. The van der Waals surface area contributed by atoms with Crippen molar-refractivity contribution in [1.29, 1.82) is 0 Å². The molecule has 0 heterocycles. The van der Waals surface area contributed by atoms with Crippen LogP contribution < -0.4 is 0 Å². The zero-order valence-corrected chi connectivity index (χ0v) is 11.4. The van der Waals surface area contributed by atoms with Gasteiger partial charge in [-0.05, 0) is 20.8 Å². The fraction of sp³-hybridized carbons (Fsp3) is 0.727. The number of esters is 1. The number of alkyl halides is 7. The third-order valence-electron chi connectivity index (χ3n) is 2.09. The van der Waals surface area contributed by atoms with Crippen molar-refractivity contribution >= 4 is 5.97 Å². The van der Waals surface area contributed by atoms with Gasteiger partial charge in [0.15, 0.2) is 0 Å². The van der Waals surface area contributed by atoms with Gasteiger partial charge in [0.2, 0.25) is 0 Å². The highest BCUT2D eigenvalue weighted by Gasteiger charge is 2.73. The zero-order chi connectivity index (χ0) is 18.1. The minimum Gasteiger partial charge on any atom is -0.456 e. The molecule has 0 saturated heterocycles. The molecule has 0 aliphatic heterocycles. The lowest BCUT2D eigenvalue weighted by atomic mass is 10.0. The molecule has 0 N–H and O–H groups in total. The third kappa shape index (κ3) is 4.80. The van der Waals surface area contributed by atoms with Gasteiger partial charge in [-0.15, -0.1) is 0 Å². The van der Waals surface area contributed by atoms with Crippen LogP contribution in [0.5, 0.6) is 0 Å². The molecule has 2 nitrogen and oxygen atoms in total. The van der Waals surface area contributed by atoms with Crippen LogP contribution in [-0.4, -0.2) is 29.6 Å². The molecule has 11 heteroatoms. The second kappa shape index (κ2) is 5.99. The van der Waals surface area contributed by atoms with E-state index in [1.54, 1.807) is 0 Å². The summed E-state index contributed by atoms with van der Waals surface area (Å²) < 4.78 is 116. The largest absolute Gasteiger partial charge is 0.459 e. The summed E-state index contributed by atoms with van der Waals surface area (Å²) in [5.74, 6) is -14.7. The van der Waals surface area contributed by atoms with Gasteiger partial charge in [0, 0.05) is 0 Å². The molecule has 0 amide bonds. The Bertz CT molecular complexity index is 453. The molecule has 0 aromatic rings. The second-order valence-corrected chi connectivity index (χ2v) is 5.19. The molecule has 0 bridgehead atoms. The molecule has 0 saturated carbocycles. The van der Waals surface area contributed by atoms with Crippen LogP contribution in [0, 0.1) is 0 Å². The Morgan fingerprint density at radius 1 is 0.909 bits per heavy atom. The van der Waals surface area contributed by atoms with Gasteiger partial charge in [-0.25, -0.2) is 4.79 Å². The molecule has 0 radical (unpaired) electrons. The minimum atomic E-state index is -6.68. The lowest BCUT2D eigenvalue weighted by Crippen LogP contribution is -2.52. The first-order chi connectivity index (χ1) is 9.42. The molecule has 0 aromatic carbocycles. The van der Waals surface area contributed by atoms with Gasteiger partial charge in [0.25, 0.3) is 6.08 Å². The predicted molar refractivity (Wildman–Crippen MR) is 55.7 cm³/mol. The number of ether oxygens (including phenoxy) is 1. The highest BCUT2D eigenvalue weighted by atomic mass is 19.4. The summed E-state index contributed by atoms with van der Waals surface area (Å²) in [4.78, 5) is 11.2. The lowest BCUT2D eigenvalue weighted by molar-refractivity contribution is -0.354. The summed E-state index contributed by atoms with van der Waals surface area (Å²) >= 11 is 0. The van der Waals surface area contributed by atoms with Crippen molar-refractivity contribution in [3.05, 3.63) is 11.7 Å². The van der Waals surface area contributed by atoms with Crippen molar-refractivity contribution in [2.75, 3.05) is 0 Å².